The molecule has 1 unspecified atom stereocenters. The molecule has 0 aliphatic carbocycles. The molecule has 1 heterocycles. The first-order valence-corrected chi connectivity index (χ1v) is 7.79. The number of hydrogen-bond acceptors (Lipinski definition) is 2. The van der Waals surface area contributed by atoms with E-state index in [2.05, 4.69) is 37.9 Å². The predicted octanol–water partition coefficient (Wildman–Crippen LogP) is 5.17. The molecule has 0 bridgehead atoms. The van der Waals surface area contributed by atoms with Gasteiger partial charge < -0.3 is 5.73 Å². The first-order chi connectivity index (χ1) is 8.06. The smallest absolute Gasteiger partial charge is 0.0758 e. The molecule has 2 rings (SSSR count). The zero-order valence-electron chi connectivity index (χ0n) is 8.79. The standard InChI is InChI=1S/C12H10Br2ClNS/c13-11-6-9(12(14)17-11)10(16)5-7-2-1-3-8(15)4-7/h1-4,6,10H,5,16H2. The molecule has 0 aliphatic heterocycles. The van der Waals surface area contributed by atoms with E-state index in [4.69, 9.17) is 17.3 Å². The summed E-state index contributed by atoms with van der Waals surface area (Å²) < 4.78 is 2.17. The van der Waals surface area contributed by atoms with E-state index >= 15 is 0 Å². The summed E-state index contributed by atoms with van der Waals surface area (Å²) in [5, 5.41) is 0.750. The highest BCUT2D eigenvalue weighted by Crippen LogP contribution is 2.35. The second kappa shape index (κ2) is 5.85. The second-order valence-corrected chi connectivity index (χ2v) is 7.91. The molecule has 90 valence electrons. The summed E-state index contributed by atoms with van der Waals surface area (Å²) in [4.78, 5) is 0. The van der Waals surface area contributed by atoms with Crippen LogP contribution < -0.4 is 5.73 Å². The van der Waals surface area contributed by atoms with Gasteiger partial charge in [0.2, 0.25) is 0 Å². The summed E-state index contributed by atoms with van der Waals surface area (Å²) in [5.41, 5.74) is 8.48. The quantitative estimate of drug-likeness (QED) is 0.762. The zero-order chi connectivity index (χ0) is 12.4. The van der Waals surface area contributed by atoms with Gasteiger partial charge in [-0.1, -0.05) is 23.7 Å². The maximum Gasteiger partial charge on any atom is 0.0758 e. The summed E-state index contributed by atoms with van der Waals surface area (Å²) in [6.07, 6.45) is 0.780. The Hall–Kier alpha value is 0.130. The van der Waals surface area contributed by atoms with Crippen LogP contribution in [0.3, 0.4) is 0 Å². The largest absolute Gasteiger partial charge is 0.324 e. The minimum atomic E-state index is -0.0228. The van der Waals surface area contributed by atoms with Crippen molar-refractivity contribution in [2.24, 2.45) is 5.73 Å². The fourth-order valence-corrected chi connectivity index (χ4v) is 4.85. The van der Waals surface area contributed by atoms with Crippen LogP contribution in [0.15, 0.2) is 37.9 Å². The van der Waals surface area contributed by atoms with Crippen molar-refractivity contribution >= 4 is 54.8 Å². The summed E-state index contributed by atoms with van der Waals surface area (Å²) in [6, 6.07) is 9.85. The molecule has 17 heavy (non-hydrogen) atoms. The molecule has 2 N–H and O–H groups in total. The van der Waals surface area contributed by atoms with E-state index in [1.54, 1.807) is 11.3 Å². The Bertz CT molecular complexity index is 527. The SMILES string of the molecule is NC(Cc1cccc(Cl)c1)c1cc(Br)sc1Br. The van der Waals surface area contributed by atoms with Gasteiger partial charge >= 0.3 is 0 Å². The average Bonchev–Trinajstić information content (AvgIpc) is 2.58. The van der Waals surface area contributed by atoms with Gasteiger partial charge in [-0.15, -0.1) is 11.3 Å². The molecule has 0 amide bonds. The number of thiophene rings is 1. The molecule has 5 heteroatoms. The van der Waals surface area contributed by atoms with Crippen LogP contribution in [0.1, 0.15) is 17.2 Å². The van der Waals surface area contributed by atoms with Gasteiger partial charge in [0.05, 0.1) is 7.57 Å². The molecule has 1 aromatic heterocycles. The average molecular weight is 396 g/mol. The molecule has 0 spiro atoms. The lowest BCUT2D eigenvalue weighted by Crippen LogP contribution is -2.12. The van der Waals surface area contributed by atoms with E-state index < -0.39 is 0 Å². The van der Waals surface area contributed by atoms with Gasteiger partial charge in [-0.2, -0.15) is 0 Å². The molecule has 0 saturated carbocycles. The van der Waals surface area contributed by atoms with Crippen LogP contribution in [-0.4, -0.2) is 0 Å². The third kappa shape index (κ3) is 3.55. The predicted molar refractivity (Wildman–Crippen MR) is 81.8 cm³/mol. The summed E-state index contributed by atoms with van der Waals surface area (Å²) in [6.45, 7) is 0. The third-order valence-electron chi connectivity index (χ3n) is 2.43. The number of benzene rings is 1. The maximum absolute atomic E-state index is 6.20. The van der Waals surface area contributed by atoms with E-state index in [0.717, 1.165) is 30.1 Å². The topological polar surface area (TPSA) is 26.0 Å². The minimum Gasteiger partial charge on any atom is -0.324 e. The van der Waals surface area contributed by atoms with E-state index in [1.807, 2.05) is 24.3 Å². The minimum absolute atomic E-state index is 0.0228. The lowest BCUT2D eigenvalue weighted by molar-refractivity contribution is 0.722. The van der Waals surface area contributed by atoms with Crippen molar-refractivity contribution in [1.82, 2.24) is 0 Å². The van der Waals surface area contributed by atoms with Crippen LogP contribution in [0.25, 0.3) is 0 Å². The summed E-state index contributed by atoms with van der Waals surface area (Å²) >= 11 is 14.6. The van der Waals surface area contributed by atoms with Crippen LogP contribution in [-0.2, 0) is 6.42 Å². The number of nitrogens with two attached hydrogens (primary N) is 1. The van der Waals surface area contributed by atoms with Gasteiger partial charge in [0.15, 0.2) is 0 Å². The van der Waals surface area contributed by atoms with Gasteiger partial charge in [0.1, 0.15) is 0 Å². The van der Waals surface area contributed by atoms with E-state index in [1.165, 1.54) is 0 Å². The Morgan fingerprint density at radius 1 is 1.29 bits per heavy atom. The van der Waals surface area contributed by atoms with Crippen LogP contribution in [0.5, 0.6) is 0 Å². The van der Waals surface area contributed by atoms with Gasteiger partial charge in [0.25, 0.3) is 0 Å². The van der Waals surface area contributed by atoms with E-state index in [-0.39, 0.29) is 6.04 Å². The van der Waals surface area contributed by atoms with Crippen LogP contribution in [0.4, 0.5) is 0 Å². The highest BCUT2D eigenvalue weighted by molar-refractivity contribution is 9.12. The molecule has 0 radical (unpaired) electrons. The number of halogens is 3. The Labute approximate surface area is 126 Å². The van der Waals surface area contributed by atoms with Crippen molar-refractivity contribution in [2.45, 2.75) is 12.5 Å². The summed E-state index contributed by atoms with van der Waals surface area (Å²) in [5.74, 6) is 0. The molecule has 1 nitrogen and oxygen atoms in total. The molecule has 1 atom stereocenters. The molecule has 2 aromatic rings. The first-order valence-electron chi connectivity index (χ1n) is 5.01. The lowest BCUT2D eigenvalue weighted by Gasteiger charge is -2.11. The Balaban J connectivity index is 2.16. The molecule has 1 aromatic carbocycles. The van der Waals surface area contributed by atoms with Crippen LogP contribution in [0, 0.1) is 0 Å². The van der Waals surface area contributed by atoms with Crippen LogP contribution in [0.2, 0.25) is 5.02 Å². The van der Waals surface area contributed by atoms with Crippen molar-refractivity contribution in [2.75, 3.05) is 0 Å². The first kappa shape index (κ1) is 13.6. The monoisotopic (exact) mass is 393 g/mol. The molecule has 0 saturated heterocycles. The van der Waals surface area contributed by atoms with Crippen molar-refractivity contribution in [1.29, 1.82) is 0 Å². The fourth-order valence-electron chi connectivity index (χ4n) is 1.63. The molecule has 0 fully saturated rings. The Morgan fingerprint density at radius 3 is 2.65 bits per heavy atom. The molecular weight excluding hydrogens is 385 g/mol. The van der Waals surface area contributed by atoms with Crippen molar-refractivity contribution in [3.05, 3.63) is 54.1 Å². The van der Waals surface area contributed by atoms with Gasteiger partial charge in [-0.05, 0) is 67.6 Å². The lowest BCUT2D eigenvalue weighted by atomic mass is 10.0. The summed E-state index contributed by atoms with van der Waals surface area (Å²) in [7, 11) is 0. The zero-order valence-corrected chi connectivity index (χ0v) is 13.5. The second-order valence-electron chi connectivity index (χ2n) is 3.72. The highest BCUT2D eigenvalue weighted by Gasteiger charge is 2.13. The normalized spacial score (nSPS) is 12.7. The molecule has 0 aliphatic rings. The van der Waals surface area contributed by atoms with Gasteiger partial charge in [-0.3, -0.25) is 0 Å². The van der Waals surface area contributed by atoms with E-state index in [9.17, 15) is 0 Å². The van der Waals surface area contributed by atoms with Crippen molar-refractivity contribution in [3.63, 3.8) is 0 Å². The van der Waals surface area contributed by atoms with Crippen LogP contribution >= 0.6 is 54.8 Å². The highest BCUT2D eigenvalue weighted by atomic mass is 79.9. The third-order valence-corrected chi connectivity index (χ3v) is 5.05. The van der Waals surface area contributed by atoms with E-state index in [0.29, 0.717) is 0 Å². The fraction of sp³-hybridized carbons (Fsp3) is 0.167. The van der Waals surface area contributed by atoms with Gasteiger partial charge in [0, 0.05) is 11.1 Å². The van der Waals surface area contributed by atoms with Crippen molar-refractivity contribution in [3.8, 4) is 0 Å². The maximum atomic E-state index is 6.20. The number of rotatable bonds is 3. The Morgan fingerprint density at radius 2 is 2.06 bits per heavy atom. The molecular formula is C12H10Br2ClNS. The number of hydrogen-bond donors (Lipinski definition) is 1. The van der Waals surface area contributed by atoms with Gasteiger partial charge in [-0.25, -0.2) is 0 Å². The Kier molecular flexibility index (Phi) is 4.66. The van der Waals surface area contributed by atoms with Crippen molar-refractivity contribution < 1.29 is 0 Å².